The molecule has 0 spiro atoms. The second-order valence-corrected chi connectivity index (χ2v) is 3.69. The van der Waals surface area contributed by atoms with E-state index >= 15 is 0 Å². The Bertz CT molecular complexity index is 148. The van der Waals surface area contributed by atoms with Crippen LogP contribution in [-0.4, -0.2) is 18.5 Å². The van der Waals surface area contributed by atoms with Crippen molar-refractivity contribution < 1.29 is 4.79 Å². The summed E-state index contributed by atoms with van der Waals surface area (Å²) in [4.78, 5) is 11.2. The summed E-state index contributed by atoms with van der Waals surface area (Å²) in [5.74, 6) is 0.636. The number of carbonyl (C=O) groups is 1. The van der Waals surface area contributed by atoms with E-state index in [1.54, 1.807) is 0 Å². The molecule has 0 aliphatic rings. The van der Waals surface area contributed by atoms with Crippen LogP contribution in [0.4, 0.5) is 0 Å². The zero-order valence-electron chi connectivity index (χ0n) is 8.97. The van der Waals surface area contributed by atoms with Crippen LogP contribution in [0.1, 0.15) is 40.0 Å². The molecule has 2 unspecified atom stereocenters. The van der Waals surface area contributed by atoms with Crippen molar-refractivity contribution in [1.29, 1.82) is 0 Å². The molecule has 0 aliphatic carbocycles. The van der Waals surface area contributed by atoms with Crippen molar-refractivity contribution in [1.82, 2.24) is 5.32 Å². The lowest BCUT2D eigenvalue weighted by Gasteiger charge is -2.12. The first-order valence-electron chi connectivity index (χ1n) is 5.12. The number of hydrogen-bond acceptors (Lipinski definition) is 2. The summed E-state index contributed by atoms with van der Waals surface area (Å²) in [6.45, 7) is 7.01. The maximum Gasteiger partial charge on any atom is 0.221 e. The van der Waals surface area contributed by atoms with Gasteiger partial charge >= 0.3 is 0 Å². The molecule has 2 atom stereocenters. The Balaban J connectivity index is 3.51. The van der Waals surface area contributed by atoms with Gasteiger partial charge in [0.2, 0.25) is 5.91 Å². The third-order valence-corrected chi connectivity index (χ3v) is 2.32. The highest BCUT2D eigenvalue weighted by atomic mass is 16.1. The van der Waals surface area contributed by atoms with Gasteiger partial charge in [-0.1, -0.05) is 27.2 Å². The van der Waals surface area contributed by atoms with E-state index in [1.165, 1.54) is 0 Å². The number of amides is 1. The van der Waals surface area contributed by atoms with Crippen molar-refractivity contribution in [3.8, 4) is 0 Å². The first-order chi connectivity index (χ1) is 6.10. The molecule has 0 aromatic heterocycles. The van der Waals surface area contributed by atoms with Gasteiger partial charge in [-0.2, -0.15) is 0 Å². The van der Waals surface area contributed by atoms with E-state index in [2.05, 4.69) is 19.2 Å². The van der Waals surface area contributed by atoms with Gasteiger partial charge in [0.1, 0.15) is 0 Å². The average molecular weight is 186 g/mol. The Morgan fingerprint density at radius 1 is 1.38 bits per heavy atom. The summed E-state index contributed by atoms with van der Waals surface area (Å²) >= 11 is 0. The minimum Gasteiger partial charge on any atom is -0.356 e. The number of carbonyl (C=O) groups excluding carboxylic acids is 1. The Hall–Kier alpha value is -0.570. The first-order valence-corrected chi connectivity index (χ1v) is 5.12. The number of nitrogens with two attached hydrogens (primary N) is 1. The monoisotopic (exact) mass is 186 g/mol. The van der Waals surface area contributed by atoms with Gasteiger partial charge in [0.25, 0.3) is 0 Å². The molecule has 3 heteroatoms. The summed E-state index contributed by atoms with van der Waals surface area (Å²) in [5.41, 5.74) is 5.65. The zero-order chi connectivity index (χ0) is 10.3. The fourth-order valence-corrected chi connectivity index (χ4v) is 0.887. The molecule has 1 amide bonds. The SMILES string of the molecule is CCC(C)CNC(=O)CC(N)CC. The minimum atomic E-state index is 0.0110. The molecule has 78 valence electrons. The predicted molar refractivity (Wildman–Crippen MR) is 55.3 cm³/mol. The molecule has 0 aromatic rings. The molecule has 0 bridgehead atoms. The van der Waals surface area contributed by atoms with Gasteiger partial charge in [-0.05, 0) is 12.3 Å². The van der Waals surface area contributed by atoms with Crippen LogP contribution in [0, 0.1) is 5.92 Å². The standard InChI is InChI=1S/C10H22N2O/c1-4-8(3)7-12-10(13)6-9(11)5-2/h8-9H,4-7,11H2,1-3H3,(H,12,13). The lowest BCUT2D eigenvalue weighted by molar-refractivity contribution is -0.121. The molecule has 0 fully saturated rings. The van der Waals surface area contributed by atoms with Crippen LogP contribution in [0.3, 0.4) is 0 Å². The van der Waals surface area contributed by atoms with Crippen LogP contribution in [0.15, 0.2) is 0 Å². The molecule has 0 rings (SSSR count). The van der Waals surface area contributed by atoms with Crippen molar-refractivity contribution in [3.63, 3.8) is 0 Å². The third-order valence-electron chi connectivity index (χ3n) is 2.32. The quantitative estimate of drug-likeness (QED) is 0.656. The van der Waals surface area contributed by atoms with Crippen LogP contribution in [-0.2, 0) is 4.79 Å². The maximum atomic E-state index is 11.2. The summed E-state index contributed by atoms with van der Waals surface area (Å²) in [6, 6.07) is 0.0110. The fourth-order valence-electron chi connectivity index (χ4n) is 0.887. The van der Waals surface area contributed by atoms with Gasteiger partial charge in [-0.25, -0.2) is 0 Å². The fraction of sp³-hybridized carbons (Fsp3) is 0.900. The van der Waals surface area contributed by atoms with Crippen molar-refractivity contribution in [2.24, 2.45) is 11.7 Å². The van der Waals surface area contributed by atoms with E-state index in [1.807, 2.05) is 6.92 Å². The minimum absolute atomic E-state index is 0.0110. The van der Waals surface area contributed by atoms with Crippen LogP contribution < -0.4 is 11.1 Å². The highest BCUT2D eigenvalue weighted by Gasteiger charge is 2.07. The lowest BCUT2D eigenvalue weighted by atomic mass is 10.1. The third kappa shape index (κ3) is 6.58. The van der Waals surface area contributed by atoms with Gasteiger partial charge in [-0.3, -0.25) is 4.79 Å². The molecule has 0 aliphatic heterocycles. The van der Waals surface area contributed by atoms with Crippen LogP contribution >= 0.6 is 0 Å². The summed E-state index contributed by atoms with van der Waals surface area (Å²) < 4.78 is 0. The summed E-state index contributed by atoms with van der Waals surface area (Å²) in [6.07, 6.45) is 2.41. The van der Waals surface area contributed by atoms with E-state index in [9.17, 15) is 4.79 Å². The van der Waals surface area contributed by atoms with Gasteiger partial charge < -0.3 is 11.1 Å². The largest absolute Gasteiger partial charge is 0.356 e. The Kier molecular flexibility index (Phi) is 6.59. The van der Waals surface area contributed by atoms with Gasteiger partial charge in [0.15, 0.2) is 0 Å². The lowest BCUT2D eigenvalue weighted by Crippen LogP contribution is -2.33. The molecular weight excluding hydrogens is 164 g/mol. The van der Waals surface area contributed by atoms with Crippen LogP contribution in [0.25, 0.3) is 0 Å². The normalized spacial score (nSPS) is 15.1. The molecule has 3 N–H and O–H groups in total. The van der Waals surface area contributed by atoms with Crippen molar-refractivity contribution in [2.45, 2.75) is 46.1 Å². The highest BCUT2D eigenvalue weighted by molar-refractivity contribution is 5.76. The molecule has 0 heterocycles. The second-order valence-electron chi connectivity index (χ2n) is 3.69. The molecule has 0 saturated carbocycles. The van der Waals surface area contributed by atoms with E-state index in [-0.39, 0.29) is 11.9 Å². The molecule has 0 saturated heterocycles. The highest BCUT2D eigenvalue weighted by Crippen LogP contribution is 1.98. The first kappa shape index (κ1) is 12.4. The van der Waals surface area contributed by atoms with E-state index in [0.717, 1.165) is 19.4 Å². The Morgan fingerprint density at radius 2 is 2.00 bits per heavy atom. The van der Waals surface area contributed by atoms with Gasteiger partial charge in [0, 0.05) is 19.0 Å². The smallest absolute Gasteiger partial charge is 0.221 e. The van der Waals surface area contributed by atoms with Gasteiger partial charge in [0.05, 0.1) is 0 Å². The topological polar surface area (TPSA) is 55.1 Å². The predicted octanol–water partition coefficient (Wildman–Crippen LogP) is 1.28. The molecule has 3 nitrogen and oxygen atoms in total. The Morgan fingerprint density at radius 3 is 2.46 bits per heavy atom. The number of nitrogens with one attached hydrogen (secondary N) is 1. The molecule has 0 aromatic carbocycles. The maximum absolute atomic E-state index is 11.2. The number of rotatable bonds is 6. The average Bonchev–Trinajstić information content (AvgIpc) is 2.13. The van der Waals surface area contributed by atoms with Crippen LogP contribution in [0.2, 0.25) is 0 Å². The summed E-state index contributed by atoms with van der Waals surface area (Å²) in [5, 5.41) is 2.88. The van der Waals surface area contributed by atoms with E-state index in [4.69, 9.17) is 5.73 Å². The molecule has 13 heavy (non-hydrogen) atoms. The van der Waals surface area contributed by atoms with E-state index in [0.29, 0.717) is 12.3 Å². The summed E-state index contributed by atoms with van der Waals surface area (Å²) in [7, 11) is 0. The van der Waals surface area contributed by atoms with Crippen molar-refractivity contribution >= 4 is 5.91 Å². The second kappa shape index (κ2) is 6.89. The van der Waals surface area contributed by atoms with E-state index < -0.39 is 0 Å². The molecular formula is C10H22N2O. The van der Waals surface area contributed by atoms with Gasteiger partial charge in [-0.15, -0.1) is 0 Å². The Labute approximate surface area is 81.1 Å². The van der Waals surface area contributed by atoms with Crippen LogP contribution in [0.5, 0.6) is 0 Å². The zero-order valence-corrected chi connectivity index (χ0v) is 8.97. The van der Waals surface area contributed by atoms with Crippen molar-refractivity contribution in [3.05, 3.63) is 0 Å². The molecule has 0 radical (unpaired) electrons. The van der Waals surface area contributed by atoms with Crippen molar-refractivity contribution in [2.75, 3.05) is 6.54 Å². The number of hydrogen-bond donors (Lipinski definition) is 2.